The standard InChI is InChI=1S/C12H24BNO2/c1-6-8-12(5,10(4)15)14-13-11(16)9(3)7-2/h9,13-14H,6-8H2,1-5H3. The predicted molar refractivity (Wildman–Crippen MR) is 68.7 cm³/mol. The van der Waals surface area contributed by atoms with E-state index in [9.17, 15) is 9.59 Å². The van der Waals surface area contributed by atoms with Crippen molar-refractivity contribution in [3.05, 3.63) is 0 Å². The Balaban J connectivity index is 4.33. The number of hydrogen-bond donors (Lipinski definition) is 1. The molecule has 0 bridgehead atoms. The number of nitrogens with one attached hydrogen (secondary N) is 1. The van der Waals surface area contributed by atoms with Gasteiger partial charge in [0.2, 0.25) is 0 Å². The fourth-order valence-corrected chi connectivity index (χ4v) is 1.57. The Hall–Kier alpha value is -0.635. The van der Waals surface area contributed by atoms with E-state index >= 15 is 0 Å². The molecule has 16 heavy (non-hydrogen) atoms. The summed E-state index contributed by atoms with van der Waals surface area (Å²) in [5.41, 5.74) is -0.358. The largest absolute Gasteiger partial charge is 0.341 e. The van der Waals surface area contributed by atoms with Gasteiger partial charge in [-0.3, -0.25) is 4.79 Å². The van der Waals surface area contributed by atoms with Crippen molar-refractivity contribution in [2.75, 3.05) is 0 Å². The highest BCUT2D eigenvalue weighted by molar-refractivity contribution is 6.72. The molecule has 2 atom stereocenters. The van der Waals surface area contributed by atoms with Crippen molar-refractivity contribution >= 4 is 18.9 Å². The van der Waals surface area contributed by atoms with Crippen LogP contribution in [0.25, 0.3) is 0 Å². The van der Waals surface area contributed by atoms with Crippen LogP contribution in [0.3, 0.4) is 0 Å². The molecule has 1 N–H and O–H groups in total. The summed E-state index contributed by atoms with van der Waals surface area (Å²) in [6.07, 6.45) is 2.56. The Morgan fingerprint density at radius 3 is 2.31 bits per heavy atom. The normalized spacial score (nSPS) is 16.3. The van der Waals surface area contributed by atoms with Crippen molar-refractivity contribution in [1.29, 1.82) is 0 Å². The summed E-state index contributed by atoms with van der Waals surface area (Å²) in [5.74, 6) is 0.177. The van der Waals surface area contributed by atoms with Gasteiger partial charge in [-0.15, -0.1) is 0 Å². The van der Waals surface area contributed by atoms with Gasteiger partial charge in [0, 0.05) is 5.92 Å². The molecule has 0 heterocycles. The quantitative estimate of drug-likeness (QED) is 0.639. The third-order valence-corrected chi connectivity index (χ3v) is 3.34. The summed E-state index contributed by atoms with van der Waals surface area (Å²) in [4.78, 5) is 23.2. The highest BCUT2D eigenvalue weighted by Gasteiger charge is 2.29. The van der Waals surface area contributed by atoms with E-state index in [2.05, 4.69) is 5.23 Å². The molecule has 92 valence electrons. The van der Waals surface area contributed by atoms with Gasteiger partial charge >= 0.3 is 0 Å². The monoisotopic (exact) mass is 225 g/mol. The molecule has 2 unspecified atom stereocenters. The predicted octanol–water partition coefficient (Wildman–Crippen LogP) is 1.65. The van der Waals surface area contributed by atoms with Gasteiger partial charge in [0.15, 0.2) is 0 Å². The second-order valence-electron chi connectivity index (χ2n) is 4.77. The Morgan fingerprint density at radius 2 is 1.94 bits per heavy atom. The highest BCUT2D eigenvalue weighted by atomic mass is 16.1. The molecule has 0 aliphatic rings. The second kappa shape index (κ2) is 6.84. The third kappa shape index (κ3) is 4.48. The molecule has 0 amide bonds. The molecule has 0 rings (SSSR count). The van der Waals surface area contributed by atoms with E-state index in [1.54, 1.807) is 6.92 Å². The zero-order chi connectivity index (χ0) is 12.8. The zero-order valence-electron chi connectivity index (χ0n) is 11.2. The van der Waals surface area contributed by atoms with Crippen molar-refractivity contribution in [3.63, 3.8) is 0 Å². The number of carbonyl (C=O) groups excluding carboxylic acids is 2. The summed E-state index contributed by atoms with van der Waals surface area (Å²) >= 11 is 0. The van der Waals surface area contributed by atoms with Crippen LogP contribution in [0.15, 0.2) is 0 Å². The zero-order valence-corrected chi connectivity index (χ0v) is 11.2. The Bertz CT molecular complexity index is 255. The minimum absolute atomic E-state index is 0.0744. The Labute approximate surface area is 99.6 Å². The maximum atomic E-state index is 11.7. The molecule has 4 heteroatoms. The van der Waals surface area contributed by atoms with Crippen LogP contribution in [0.5, 0.6) is 0 Å². The van der Waals surface area contributed by atoms with E-state index in [0.717, 1.165) is 19.3 Å². The van der Waals surface area contributed by atoms with Crippen LogP contribution < -0.4 is 5.23 Å². The molecule has 0 aromatic carbocycles. The molecule has 0 aromatic rings. The minimum Gasteiger partial charge on any atom is -0.341 e. The molecule has 0 aliphatic heterocycles. The lowest BCUT2D eigenvalue weighted by atomic mass is 9.74. The number of carbonyl (C=O) groups is 2. The van der Waals surface area contributed by atoms with Gasteiger partial charge in [0.25, 0.3) is 7.41 Å². The summed E-state index contributed by atoms with van der Waals surface area (Å²) in [7, 11) is 0.297. The summed E-state index contributed by atoms with van der Waals surface area (Å²) in [6, 6.07) is 0. The van der Waals surface area contributed by atoms with Crippen LogP contribution >= 0.6 is 0 Å². The average molecular weight is 225 g/mol. The summed E-state index contributed by atoms with van der Waals surface area (Å²) < 4.78 is 0. The second-order valence-corrected chi connectivity index (χ2v) is 4.77. The van der Waals surface area contributed by atoms with Crippen LogP contribution in [0.4, 0.5) is 0 Å². The lowest BCUT2D eigenvalue weighted by Crippen LogP contribution is -2.52. The first-order valence-corrected chi connectivity index (χ1v) is 6.16. The van der Waals surface area contributed by atoms with E-state index < -0.39 is 5.54 Å². The molecule has 0 saturated heterocycles. The lowest BCUT2D eigenvalue weighted by Gasteiger charge is -2.28. The van der Waals surface area contributed by atoms with Gasteiger partial charge in [-0.1, -0.05) is 27.2 Å². The van der Waals surface area contributed by atoms with Crippen molar-refractivity contribution in [2.45, 2.75) is 59.4 Å². The third-order valence-electron chi connectivity index (χ3n) is 3.34. The molecular weight excluding hydrogens is 201 g/mol. The van der Waals surface area contributed by atoms with Crippen molar-refractivity contribution in [2.24, 2.45) is 5.92 Å². The summed E-state index contributed by atoms with van der Waals surface area (Å²) in [6.45, 7) is 9.42. The van der Waals surface area contributed by atoms with Crippen molar-refractivity contribution in [1.82, 2.24) is 5.23 Å². The number of Topliss-reactive ketones (excluding diaryl/α,β-unsaturated/α-hetero) is 1. The first-order valence-electron chi connectivity index (χ1n) is 6.16. The number of ketones is 1. The van der Waals surface area contributed by atoms with E-state index in [-0.39, 0.29) is 17.4 Å². The van der Waals surface area contributed by atoms with Gasteiger partial charge < -0.3 is 10.0 Å². The van der Waals surface area contributed by atoms with E-state index in [1.165, 1.54) is 0 Å². The van der Waals surface area contributed by atoms with Gasteiger partial charge in [-0.25, -0.2) is 0 Å². The maximum absolute atomic E-state index is 11.7. The van der Waals surface area contributed by atoms with Crippen LogP contribution in [0, 0.1) is 5.92 Å². The molecular formula is C12H24BNO2. The van der Waals surface area contributed by atoms with Crippen LogP contribution in [0.2, 0.25) is 0 Å². The van der Waals surface area contributed by atoms with Crippen LogP contribution in [-0.2, 0) is 9.59 Å². The SMILES string of the molecule is CCCC(C)(NBC(=O)C(C)CC)C(C)=O. The van der Waals surface area contributed by atoms with Gasteiger partial charge in [0.05, 0.1) is 5.54 Å². The van der Waals surface area contributed by atoms with Crippen LogP contribution in [-0.4, -0.2) is 24.4 Å². The van der Waals surface area contributed by atoms with Gasteiger partial charge in [0.1, 0.15) is 11.5 Å². The first-order chi connectivity index (χ1) is 7.37. The summed E-state index contributed by atoms with van der Waals surface area (Å²) in [5, 5.41) is 3.11. The molecule has 0 saturated carbocycles. The topological polar surface area (TPSA) is 46.2 Å². The lowest BCUT2D eigenvalue weighted by molar-refractivity contribution is -0.122. The smallest absolute Gasteiger partial charge is 0.283 e. The molecule has 0 spiro atoms. The molecule has 0 aromatic heterocycles. The first kappa shape index (κ1) is 15.4. The molecule has 0 radical (unpaired) electrons. The van der Waals surface area contributed by atoms with Gasteiger partial charge in [-0.05, 0) is 26.7 Å². The van der Waals surface area contributed by atoms with Crippen molar-refractivity contribution in [3.8, 4) is 0 Å². The van der Waals surface area contributed by atoms with Crippen LogP contribution in [0.1, 0.15) is 53.9 Å². The average Bonchev–Trinajstić information content (AvgIpc) is 2.24. The Morgan fingerprint density at radius 1 is 1.38 bits per heavy atom. The van der Waals surface area contributed by atoms with Crippen molar-refractivity contribution < 1.29 is 9.59 Å². The van der Waals surface area contributed by atoms with E-state index in [0.29, 0.717) is 7.41 Å². The number of hydrogen-bond acceptors (Lipinski definition) is 3. The maximum Gasteiger partial charge on any atom is 0.283 e. The fourth-order valence-electron chi connectivity index (χ4n) is 1.57. The number of rotatable bonds is 8. The molecule has 3 nitrogen and oxygen atoms in total. The Kier molecular flexibility index (Phi) is 6.57. The van der Waals surface area contributed by atoms with Gasteiger partial charge in [-0.2, -0.15) is 0 Å². The molecule has 0 aliphatic carbocycles. The molecule has 0 fully saturated rings. The minimum atomic E-state index is -0.544. The fraction of sp³-hybridized carbons (Fsp3) is 0.833. The van der Waals surface area contributed by atoms with E-state index in [1.807, 2.05) is 27.7 Å². The van der Waals surface area contributed by atoms with E-state index in [4.69, 9.17) is 0 Å². The highest BCUT2D eigenvalue weighted by Crippen LogP contribution is 2.13.